The quantitative estimate of drug-likeness (QED) is 0.752. The van der Waals surface area contributed by atoms with E-state index in [9.17, 15) is 18.3 Å². The number of fused-ring (bicyclic) bond motifs is 1. The minimum absolute atomic E-state index is 0.125. The van der Waals surface area contributed by atoms with Gasteiger partial charge in [0.15, 0.2) is 5.65 Å². The highest BCUT2D eigenvalue weighted by Crippen LogP contribution is 2.30. The van der Waals surface area contributed by atoms with Gasteiger partial charge in [-0.05, 0) is 17.7 Å². The molecule has 0 amide bonds. The summed E-state index contributed by atoms with van der Waals surface area (Å²) in [7, 11) is 0. The third kappa shape index (κ3) is 3.55. The van der Waals surface area contributed by atoms with Crippen molar-refractivity contribution in [3.63, 3.8) is 0 Å². The number of aliphatic hydroxyl groups is 1. The van der Waals surface area contributed by atoms with Crippen molar-refractivity contribution in [2.45, 2.75) is 18.8 Å². The van der Waals surface area contributed by atoms with Gasteiger partial charge in [0.2, 0.25) is 0 Å². The number of hydrogen-bond donors (Lipinski definition) is 2. The Morgan fingerprint density at radius 3 is 2.88 bits per heavy atom. The molecule has 24 heavy (non-hydrogen) atoms. The van der Waals surface area contributed by atoms with E-state index >= 15 is 0 Å². The number of nitrogens with zero attached hydrogens (tertiary/aromatic N) is 3. The number of hydrogen-bond acceptors (Lipinski definition) is 4. The first-order valence-corrected chi connectivity index (χ1v) is 7.27. The second-order valence-corrected chi connectivity index (χ2v) is 5.32. The first kappa shape index (κ1) is 16.4. The van der Waals surface area contributed by atoms with Crippen LogP contribution in [0.15, 0.2) is 49.1 Å². The number of aromatic nitrogens is 3. The summed E-state index contributed by atoms with van der Waals surface area (Å²) in [5, 5.41) is 13.1. The third-order valence-electron chi connectivity index (χ3n) is 3.64. The maximum absolute atomic E-state index is 12.7. The molecular weight excluding hydrogens is 321 g/mol. The molecule has 0 aliphatic rings. The largest absolute Gasteiger partial charge is 0.416 e. The van der Waals surface area contributed by atoms with Crippen LogP contribution in [0.25, 0.3) is 5.65 Å². The van der Waals surface area contributed by atoms with Crippen molar-refractivity contribution in [1.82, 2.24) is 19.7 Å². The van der Waals surface area contributed by atoms with E-state index in [0.29, 0.717) is 12.2 Å². The lowest BCUT2D eigenvalue weighted by molar-refractivity contribution is -0.137. The number of alkyl halides is 3. The zero-order valence-corrected chi connectivity index (χ0v) is 12.5. The fourth-order valence-corrected chi connectivity index (χ4v) is 2.40. The van der Waals surface area contributed by atoms with Gasteiger partial charge in [0, 0.05) is 25.5 Å². The van der Waals surface area contributed by atoms with Gasteiger partial charge in [-0.1, -0.05) is 12.1 Å². The van der Waals surface area contributed by atoms with Crippen LogP contribution >= 0.6 is 0 Å². The Morgan fingerprint density at radius 1 is 1.25 bits per heavy atom. The van der Waals surface area contributed by atoms with Crippen LogP contribution in [0.4, 0.5) is 13.2 Å². The van der Waals surface area contributed by atoms with Gasteiger partial charge in [0.05, 0.1) is 29.8 Å². The lowest BCUT2D eigenvalue weighted by atomic mass is 10.1. The summed E-state index contributed by atoms with van der Waals surface area (Å²) < 4.78 is 40.0. The summed E-state index contributed by atoms with van der Waals surface area (Å²) in [6, 6.07) is 4.71. The van der Waals surface area contributed by atoms with Crippen molar-refractivity contribution in [3.8, 4) is 0 Å². The van der Waals surface area contributed by atoms with Crippen molar-refractivity contribution in [3.05, 3.63) is 65.9 Å². The summed E-state index contributed by atoms with van der Waals surface area (Å²) in [4.78, 5) is 8.15. The first-order valence-electron chi connectivity index (χ1n) is 7.27. The molecule has 3 aromatic rings. The number of halogens is 3. The van der Waals surface area contributed by atoms with Crippen molar-refractivity contribution in [2.75, 3.05) is 6.54 Å². The zero-order chi connectivity index (χ0) is 17.2. The third-order valence-corrected chi connectivity index (χ3v) is 3.64. The highest BCUT2D eigenvalue weighted by molar-refractivity contribution is 5.36. The number of benzene rings is 1. The molecule has 0 radical (unpaired) electrons. The predicted molar refractivity (Wildman–Crippen MR) is 81.1 cm³/mol. The average molecular weight is 336 g/mol. The number of rotatable bonds is 5. The molecule has 2 aromatic heterocycles. The highest BCUT2D eigenvalue weighted by atomic mass is 19.4. The van der Waals surface area contributed by atoms with Crippen LogP contribution in [0.2, 0.25) is 0 Å². The van der Waals surface area contributed by atoms with Crippen LogP contribution in [-0.4, -0.2) is 26.0 Å². The first-order chi connectivity index (χ1) is 11.4. The molecule has 126 valence electrons. The maximum atomic E-state index is 12.7. The molecule has 3 rings (SSSR count). The fourth-order valence-electron chi connectivity index (χ4n) is 2.40. The molecular formula is C16H15F3N4O. The molecule has 1 aromatic carbocycles. The summed E-state index contributed by atoms with van der Waals surface area (Å²) in [6.45, 7) is 0.542. The van der Waals surface area contributed by atoms with E-state index in [2.05, 4.69) is 15.3 Å². The number of imidazole rings is 1. The Kier molecular flexibility index (Phi) is 4.50. The molecule has 2 heterocycles. The van der Waals surface area contributed by atoms with Crippen LogP contribution in [0.5, 0.6) is 0 Å². The van der Waals surface area contributed by atoms with Crippen molar-refractivity contribution in [1.29, 1.82) is 0 Å². The molecule has 0 saturated heterocycles. The van der Waals surface area contributed by atoms with Crippen molar-refractivity contribution >= 4 is 5.65 Å². The van der Waals surface area contributed by atoms with E-state index in [0.717, 1.165) is 17.8 Å². The van der Waals surface area contributed by atoms with E-state index in [4.69, 9.17) is 0 Å². The Morgan fingerprint density at radius 2 is 2.08 bits per heavy atom. The van der Waals surface area contributed by atoms with E-state index in [1.165, 1.54) is 12.1 Å². The highest BCUT2D eigenvalue weighted by Gasteiger charge is 2.30. The molecule has 1 atom stereocenters. The van der Waals surface area contributed by atoms with Crippen LogP contribution in [0, 0.1) is 0 Å². The van der Waals surface area contributed by atoms with Gasteiger partial charge in [-0.15, -0.1) is 0 Å². The minimum atomic E-state index is -4.42. The van der Waals surface area contributed by atoms with Crippen molar-refractivity contribution in [2.24, 2.45) is 0 Å². The summed E-state index contributed by atoms with van der Waals surface area (Å²) >= 11 is 0. The van der Waals surface area contributed by atoms with Gasteiger partial charge in [-0.2, -0.15) is 13.2 Å². The molecule has 8 heteroatoms. The SMILES string of the molecule is OC(CNCc1cnc2cnccn12)c1cccc(C(F)(F)F)c1. The van der Waals surface area contributed by atoms with Crippen LogP contribution < -0.4 is 5.32 Å². The molecule has 0 aliphatic carbocycles. The molecule has 0 spiro atoms. The van der Waals surface area contributed by atoms with E-state index in [1.54, 1.807) is 24.8 Å². The Hall–Kier alpha value is -2.45. The minimum Gasteiger partial charge on any atom is -0.387 e. The molecule has 0 aliphatic heterocycles. The maximum Gasteiger partial charge on any atom is 0.416 e. The van der Waals surface area contributed by atoms with Crippen LogP contribution in [0.1, 0.15) is 22.9 Å². The lowest BCUT2D eigenvalue weighted by Crippen LogP contribution is -2.22. The van der Waals surface area contributed by atoms with Crippen LogP contribution in [-0.2, 0) is 12.7 Å². The topological polar surface area (TPSA) is 62.5 Å². The summed E-state index contributed by atoms with van der Waals surface area (Å²) in [5.74, 6) is 0. The Labute approximate surface area is 135 Å². The Bertz CT molecular complexity index is 831. The fraction of sp³-hybridized carbons (Fsp3) is 0.250. The molecule has 2 N–H and O–H groups in total. The van der Waals surface area contributed by atoms with E-state index < -0.39 is 17.8 Å². The van der Waals surface area contributed by atoms with Gasteiger partial charge in [0.25, 0.3) is 0 Å². The average Bonchev–Trinajstić information content (AvgIpc) is 2.97. The summed E-state index contributed by atoms with van der Waals surface area (Å²) in [6.07, 6.45) is 1.25. The van der Waals surface area contributed by atoms with Gasteiger partial charge < -0.3 is 10.4 Å². The number of nitrogens with one attached hydrogen (secondary N) is 1. The molecule has 0 fully saturated rings. The second-order valence-electron chi connectivity index (χ2n) is 5.32. The second kappa shape index (κ2) is 6.58. The zero-order valence-electron chi connectivity index (χ0n) is 12.5. The standard InChI is InChI=1S/C16H15F3N4O/c17-16(18,19)12-3-1-2-11(6-12)14(24)9-21-7-13-8-22-15-10-20-4-5-23(13)15/h1-6,8,10,14,21,24H,7,9H2. The van der Waals surface area contributed by atoms with E-state index in [1.807, 2.05) is 4.40 Å². The van der Waals surface area contributed by atoms with Crippen molar-refractivity contribution < 1.29 is 18.3 Å². The molecule has 0 saturated carbocycles. The van der Waals surface area contributed by atoms with Gasteiger partial charge >= 0.3 is 6.18 Å². The monoisotopic (exact) mass is 336 g/mol. The van der Waals surface area contributed by atoms with Gasteiger partial charge in [-0.3, -0.25) is 9.38 Å². The van der Waals surface area contributed by atoms with Gasteiger partial charge in [-0.25, -0.2) is 4.98 Å². The van der Waals surface area contributed by atoms with Crippen LogP contribution in [0.3, 0.4) is 0 Å². The predicted octanol–water partition coefficient (Wildman–Crippen LogP) is 2.57. The normalized spacial score (nSPS) is 13.3. The smallest absolute Gasteiger partial charge is 0.387 e. The number of aliphatic hydroxyl groups excluding tert-OH is 1. The summed E-state index contributed by atoms with van der Waals surface area (Å²) in [5.41, 5.74) is 1.02. The van der Waals surface area contributed by atoms with E-state index in [-0.39, 0.29) is 12.1 Å². The lowest BCUT2D eigenvalue weighted by Gasteiger charge is -2.14. The molecule has 1 unspecified atom stereocenters. The Balaban J connectivity index is 1.63. The molecule has 5 nitrogen and oxygen atoms in total. The molecule has 0 bridgehead atoms. The van der Waals surface area contributed by atoms with Gasteiger partial charge in [0.1, 0.15) is 0 Å².